The molecule has 28 heavy (non-hydrogen) atoms. The number of hydrogen-bond donors (Lipinski definition) is 1. The number of ether oxygens (including phenoxy) is 1. The number of nitrogens with one attached hydrogen (secondary N) is 1. The van der Waals surface area contributed by atoms with Gasteiger partial charge in [0.05, 0.1) is 16.6 Å². The molecule has 11 nitrogen and oxygen atoms in total. The Bertz CT molecular complexity index is 857. The fraction of sp³-hybridized carbons (Fsp3) is 0.375. The van der Waals surface area contributed by atoms with Gasteiger partial charge in [0.25, 0.3) is 0 Å². The molecule has 1 amide bonds. The molecule has 148 valence electrons. The summed E-state index contributed by atoms with van der Waals surface area (Å²) in [6, 6.07) is 3.20. The second-order valence-electron chi connectivity index (χ2n) is 5.81. The van der Waals surface area contributed by atoms with Gasteiger partial charge >= 0.3 is 11.8 Å². The van der Waals surface area contributed by atoms with E-state index in [1.165, 1.54) is 12.5 Å². The summed E-state index contributed by atoms with van der Waals surface area (Å²) in [5.41, 5.74) is -0.260. The summed E-state index contributed by atoms with van der Waals surface area (Å²) in [5.74, 6) is 0.571. The van der Waals surface area contributed by atoms with E-state index < -0.39 is 11.0 Å². The zero-order chi connectivity index (χ0) is 20.1. The zero-order valence-electron chi connectivity index (χ0n) is 15.0. The third-order valence-corrected chi connectivity index (χ3v) is 4.29. The molecule has 0 unspecified atom stereocenters. The van der Waals surface area contributed by atoms with Gasteiger partial charge in [-0.05, 0) is 19.1 Å². The number of hydrogen-bond acceptors (Lipinski definition) is 9. The summed E-state index contributed by atoms with van der Waals surface area (Å²) in [6.07, 6.45) is 2.28. The van der Waals surface area contributed by atoms with E-state index in [1.54, 1.807) is 28.9 Å². The van der Waals surface area contributed by atoms with Crippen molar-refractivity contribution in [1.82, 2.24) is 19.9 Å². The summed E-state index contributed by atoms with van der Waals surface area (Å²) in [7, 11) is 0. The van der Waals surface area contributed by atoms with Crippen molar-refractivity contribution in [3.8, 4) is 0 Å². The molecule has 1 N–H and O–H groups in total. The topological polar surface area (TPSA) is 127 Å². The number of halogens is 1. The van der Waals surface area contributed by atoms with Crippen LogP contribution in [0, 0.1) is 10.1 Å². The monoisotopic (exact) mass is 407 g/mol. The minimum Gasteiger partial charge on any atom is -0.450 e. The van der Waals surface area contributed by atoms with Gasteiger partial charge in [-0.3, -0.25) is 10.1 Å². The first-order chi connectivity index (χ1) is 13.5. The number of carbonyl (C=O) groups excluding carboxylic acids is 1. The molecule has 3 rings (SSSR count). The number of nitrogens with zero attached hydrogens (tertiary/aromatic N) is 6. The van der Waals surface area contributed by atoms with E-state index in [-0.39, 0.29) is 17.3 Å². The highest BCUT2D eigenvalue weighted by Crippen LogP contribution is 2.33. The first-order valence-electron chi connectivity index (χ1n) is 8.54. The van der Waals surface area contributed by atoms with E-state index in [2.05, 4.69) is 20.3 Å². The number of nitro groups is 1. The van der Waals surface area contributed by atoms with Crippen molar-refractivity contribution in [2.24, 2.45) is 0 Å². The highest BCUT2D eigenvalue weighted by atomic mass is 35.5. The third kappa shape index (κ3) is 4.36. The lowest BCUT2D eigenvalue weighted by molar-refractivity contribution is -0.383. The van der Waals surface area contributed by atoms with Crippen LogP contribution in [0.2, 0.25) is 5.02 Å². The van der Waals surface area contributed by atoms with Crippen molar-refractivity contribution < 1.29 is 14.5 Å². The Hall–Kier alpha value is -3.21. The molecule has 0 spiro atoms. The van der Waals surface area contributed by atoms with E-state index in [0.717, 1.165) is 0 Å². The standard InChI is InChI=1S/C16H18ClN7O4/c1-2-28-16(25)23-7-5-22(6-8-23)15-13(24(26)27)14(19-10-20-15)21-12-4-3-11(17)9-18-12/h3-4,9-10H,2,5-8H2,1H3,(H,18,19,20,21). The van der Waals surface area contributed by atoms with Gasteiger partial charge in [0.2, 0.25) is 11.6 Å². The number of amides is 1. The molecule has 0 radical (unpaired) electrons. The lowest BCUT2D eigenvalue weighted by Crippen LogP contribution is -2.49. The Morgan fingerprint density at radius 2 is 2.04 bits per heavy atom. The number of aromatic nitrogens is 3. The van der Waals surface area contributed by atoms with E-state index in [0.29, 0.717) is 43.6 Å². The maximum Gasteiger partial charge on any atom is 0.409 e. The molecule has 2 aromatic heterocycles. The highest BCUT2D eigenvalue weighted by Gasteiger charge is 2.30. The van der Waals surface area contributed by atoms with Gasteiger partial charge in [-0.1, -0.05) is 11.6 Å². The Morgan fingerprint density at radius 3 is 2.64 bits per heavy atom. The predicted octanol–water partition coefficient (Wildman–Crippen LogP) is 2.46. The maximum atomic E-state index is 11.8. The highest BCUT2D eigenvalue weighted by molar-refractivity contribution is 6.30. The quantitative estimate of drug-likeness (QED) is 0.587. The van der Waals surface area contributed by atoms with Gasteiger partial charge in [0.15, 0.2) is 0 Å². The summed E-state index contributed by atoms with van der Waals surface area (Å²) >= 11 is 5.81. The third-order valence-electron chi connectivity index (χ3n) is 4.06. The Kier molecular flexibility index (Phi) is 6.04. The van der Waals surface area contributed by atoms with E-state index in [9.17, 15) is 14.9 Å². The Morgan fingerprint density at radius 1 is 1.29 bits per heavy atom. The molecule has 0 bridgehead atoms. The van der Waals surface area contributed by atoms with E-state index in [1.807, 2.05) is 0 Å². The molecule has 2 aromatic rings. The molecule has 0 atom stereocenters. The maximum absolute atomic E-state index is 11.8. The molecule has 0 saturated carbocycles. The lowest BCUT2D eigenvalue weighted by atomic mass is 10.3. The van der Waals surface area contributed by atoms with E-state index >= 15 is 0 Å². The molecule has 3 heterocycles. The SMILES string of the molecule is CCOC(=O)N1CCN(c2ncnc(Nc3ccc(Cl)cn3)c2[N+](=O)[O-])CC1. The van der Waals surface area contributed by atoms with Crippen LogP contribution < -0.4 is 10.2 Å². The minimum atomic E-state index is -0.536. The Labute approximate surface area is 165 Å². The predicted molar refractivity (Wildman–Crippen MR) is 102 cm³/mol. The van der Waals surface area contributed by atoms with Gasteiger partial charge in [-0.2, -0.15) is 0 Å². The first-order valence-corrected chi connectivity index (χ1v) is 8.92. The summed E-state index contributed by atoms with van der Waals surface area (Å²) < 4.78 is 4.99. The van der Waals surface area contributed by atoms with Gasteiger partial charge < -0.3 is 19.9 Å². The van der Waals surface area contributed by atoms with Crippen LogP contribution in [-0.4, -0.2) is 63.7 Å². The summed E-state index contributed by atoms with van der Waals surface area (Å²) in [6.45, 7) is 3.56. The summed E-state index contributed by atoms with van der Waals surface area (Å²) in [5, 5.41) is 15.0. The zero-order valence-corrected chi connectivity index (χ0v) is 15.8. The van der Waals surface area contributed by atoms with Crippen LogP contribution in [-0.2, 0) is 4.74 Å². The van der Waals surface area contributed by atoms with Crippen LogP contribution in [0.3, 0.4) is 0 Å². The van der Waals surface area contributed by atoms with E-state index in [4.69, 9.17) is 16.3 Å². The van der Waals surface area contributed by atoms with Crippen molar-refractivity contribution in [3.63, 3.8) is 0 Å². The largest absolute Gasteiger partial charge is 0.450 e. The van der Waals surface area contributed by atoms with Crippen molar-refractivity contribution in [2.75, 3.05) is 43.0 Å². The van der Waals surface area contributed by atoms with Gasteiger partial charge in [-0.15, -0.1) is 0 Å². The van der Waals surface area contributed by atoms with Crippen LogP contribution in [0.4, 0.5) is 27.9 Å². The van der Waals surface area contributed by atoms with Crippen LogP contribution in [0.5, 0.6) is 0 Å². The second kappa shape index (κ2) is 8.65. The molecule has 1 saturated heterocycles. The number of carbonyl (C=O) groups is 1. The second-order valence-corrected chi connectivity index (χ2v) is 6.25. The molecule has 0 aliphatic carbocycles. The molecule has 1 fully saturated rings. The van der Waals surface area contributed by atoms with Gasteiger partial charge in [0.1, 0.15) is 12.1 Å². The molecule has 1 aliphatic heterocycles. The summed E-state index contributed by atoms with van der Waals surface area (Å²) in [4.78, 5) is 38.5. The van der Waals surface area contributed by atoms with Crippen molar-refractivity contribution >= 4 is 40.8 Å². The molecular formula is C16H18ClN7O4. The van der Waals surface area contributed by atoms with Crippen molar-refractivity contribution in [1.29, 1.82) is 0 Å². The van der Waals surface area contributed by atoms with Gasteiger partial charge in [-0.25, -0.2) is 19.7 Å². The fourth-order valence-corrected chi connectivity index (χ4v) is 2.86. The Balaban J connectivity index is 1.81. The molecular weight excluding hydrogens is 390 g/mol. The average molecular weight is 408 g/mol. The number of rotatable bonds is 5. The van der Waals surface area contributed by atoms with Crippen LogP contribution in [0.25, 0.3) is 0 Å². The average Bonchev–Trinajstić information content (AvgIpc) is 2.69. The van der Waals surface area contributed by atoms with Crippen LogP contribution >= 0.6 is 11.6 Å². The number of piperazine rings is 1. The number of anilines is 3. The molecule has 12 heteroatoms. The fourth-order valence-electron chi connectivity index (χ4n) is 2.75. The smallest absolute Gasteiger partial charge is 0.409 e. The normalized spacial score (nSPS) is 13.9. The van der Waals surface area contributed by atoms with Crippen molar-refractivity contribution in [3.05, 3.63) is 39.8 Å². The lowest BCUT2D eigenvalue weighted by Gasteiger charge is -2.34. The first kappa shape index (κ1) is 19.5. The van der Waals surface area contributed by atoms with Crippen LogP contribution in [0.1, 0.15) is 6.92 Å². The van der Waals surface area contributed by atoms with Gasteiger partial charge in [0, 0.05) is 32.4 Å². The molecule has 1 aliphatic rings. The minimum absolute atomic E-state index is 0.0256. The number of pyridine rings is 1. The van der Waals surface area contributed by atoms with Crippen molar-refractivity contribution in [2.45, 2.75) is 6.92 Å². The molecule has 0 aromatic carbocycles. The van der Waals surface area contributed by atoms with Crippen LogP contribution in [0.15, 0.2) is 24.7 Å².